The fourth-order valence-electron chi connectivity index (χ4n) is 4.35. The van der Waals surface area contributed by atoms with Gasteiger partial charge in [0.05, 0.1) is 21.9 Å². The number of carbonyl (C=O) groups excluding carboxylic acids is 2. The number of aryl methyl sites for hydroxylation is 1. The highest BCUT2D eigenvalue weighted by molar-refractivity contribution is 6.34. The lowest BCUT2D eigenvalue weighted by atomic mass is 9.94. The first-order valence-electron chi connectivity index (χ1n) is 12.0. The molecule has 0 atom stereocenters. The van der Waals surface area contributed by atoms with Crippen molar-refractivity contribution in [1.82, 2.24) is 20.0 Å². The molecule has 1 aromatic carbocycles. The molecule has 0 radical (unpaired) electrons. The van der Waals surface area contributed by atoms with Crippen molar-refractivity contribution < 1.29 is 19.8 Å². The minimum atomic E-state index is -0.876. The summed E-state index contributed by atoms with van der Waals surface area (Å²) in [6.07, 6.45) is 6.26. The maximum Gasteiger partial charge on any atom is 0.252 e. The van der Waals surface area contributed by atoms with Crippen LogP contribution in [-0.2, 0) is 11.3 Å². The molecule has 1 saturated carbocycles. The van der Waals surface area contributed by atoms with E-state index >= 15 is 0 Å². The van der Waals surface area contributed by atoms with Crippen LogP contribution in [0.25, 0.3) is 11.3 Å². The number of halogens is 1. The molecule has 2 amide bonds. The Bertz CT molecular complexity index is 999. The van der Waals surface area contributed by atoms with E-state index in [9.17, 15) is 19.8 Å². The van der Waals surface area contributed by atoms with Crippen LogP contribution in [0.3, 0.4) is 0 Å². The van der Waals surface area contributed by atoms with Gasteiger partial charge in [0.25, 0.3) is 5.91 Å². The number of hydrogen-bond acceptors (Lipinski definition) is 5. The van der Waals surface area contributed by atoms with Crippen molar-refractivity contribution in [3.63, 3.8) is 0 Å². The van der Waals surface area contributed by atoms with Crippen molar-refractivity contribution in [3.8, 4) is 11.3 Å². The number of amides is 2. The molecule has 1 heterocycles. The summed E-state index contributed by atoms with van der Waals surface area (Å²) in [4.78, 5) is 26.8. The number of aliphatic hydroxyl groups excluding tert-OH is 1. The molecule has 1 aromatic heterocycles. The number of aromatic nitrogens is 2. The predicted octanol–water partition coefficient (Wildman–Crippen LogP) is 3.52. The summed E-state index contributed by atoms with van der Waals surface area (Å²) in [7, 11) is 0. The molecule has 0 spiro atoms. The van der Waals surface area contributed by atoms with Crippen LogP contribution in [-0.4, -0.2) is 62.1 Å². The van der Waals surface area contributed by atoms with Gasteiger partial charge in [-0.15, -0.1) is 0 Å². The number of benzene rings is 1. The van der Waals surface area contributed by atoms with Crippen LogP contribution >= 0.6 is 11.6 Å². The van der Waals surface area contributed by atoms with E-state index in [1.54, 1.807) is 22.9 Å². The van der Waals surface area contributed by atoms with Crippen molar-refractivity contribution >= 4 is 23.4 Å². The fourth-order valence-corrected chi connectivity index (χ4v) is 4.55. The van der Waals surface area contributed by atoms with Gasteiger partial charge in [-0.1, -0.05) is 50.3 Å². The monoisotopic (exact) mass is 490 g/mol. The molecule has 3 N–H and O–H groups in total. The second-order valence-corrected chi connectivity index (χ2v) is 9.55. The predicted molar refractivity (Wildman–Crippen MR) is 131 cm³/mol. The van der Waals surface area contributed by atoms with E-state index in [-0.39, 0.29) is 31.6 Å². The average molecular weight is 491 g/mol. The summed E-state index contributed by atoms with van der Waals surface area (Å²) in [6, 6.07) is 6.96. The van der Waals surface area contributed by atoms with Gasteiger partial charge in [0.15, 0.2) is 0 Å². The first kappa shape index (κ1) is 26.2. The van der Waals surface area contributed by atoms with Crippen molar-refractivity contribution in [3.05, 3.63) is 40.5 Å². The Morgan fingerprint density at radius 1 is 1.21 bits per heavy atom. The number of carbonyl (C=O) groups is 2. The quantitative estimate of drug-likeness (QED) is 0.368. The molecule has 9 heteroatoms. The van der Waals surface area contributed by atoms with E-state index < -0.39 is 5.60 Å². The Balaban J connectivity index is 1.73. The lowest BCUT2D eigenvalue weighted by Crippen LogP contribution is -2.42. The highest BCUT2D eigenvalue weighted by Gasteiger charge is 2.29. The number of nitrogens with one attached hydrogen (secondary N) is 1. The summed E-state index contributed by atoms with van der Waals surface area (Å²) in [5.74, 6) is -0.552. The summed E-state index contributed by atoms with van der Waals surface area (Å²) >= 11 is 6.32. The van der Waals surface area contributed by atoms with Crippen molar-refractivity contribution in [1.29, 1.82) is 0 Å². The van der Waals surface area contributed by atoms with E-state index in [1.807, 2.05) is 19.9 Å². The van der Waals surface area contributed by atoms with Crippen LogP contribution in [0.15, 0.2) is 24.3 Å². The van der Waals surface area contributed by atoms with Gasteiger partial charge in [-0.05, 0) is 44.4 Å². The fraction of sp³-hybridized carbons (Fsp3) is 0.560. The minimum absolute atomic E-state index is 0.0198. The molecular formula is C25H35ClN4O4. The van der Waals surface area contributed by atoms with Crippen LogP contribution in [0, 0.1) is 6.92 Å². The maximum absolute atomic E-state index is 12.9. The molecule has 1 aliphatic rings. The third-order valence-corrected chi connectivity index (χ3v) is 6.73. The largest absolute Gasteiger partial charge is 0.388 e. The molecule has 34 heavy (non-hydrogen) atoms. The molecule has 1 fully saturated rings. The number of aliphatic hydroxyl groups is 2. The van der Waals surface area contributed by atoms with Gasteiger partial charge in [-0.2, -0.15) is 5.10 Å². The van der Waals surface area contributed by atoms with Gasteiger partial charge < -0.3 is 20.4 Å². The first-order chi connectivity index (χ1) is 16.3. The van der Waals surface area contributed by atoms with Gasteiger partial charge in [0, 0.05) is 24.3 Å². The molecule has 186 valence electrons. The molecule has 0 bridgehead atoms. The average Bonchev–Trinajstić information content (AvgIpc) is 3.03. The molecule has 2 aromatic rings. The highest BCUT2D eigenvalue weighted by Crippen LogP contribution is 2.28. The van der Waals surface area contributed by atoms with Gasteiger partial charge in [0.2, 0.25) is 5.91 Å². The Morgan fingerprint density at radius 3 is 2.56 bits per heavy atom. The number of rotatable bonds is 9. The van der Waals surface area contributed by atoms with Crippen LogP contribution < -0.4 is 5.32 Å². The third kappa shape index (κ3) is 6.58. The molecule has 1 aliphatic carbocycles. The van der Waals surface area contributed by atoms with E-state index in [2.05, 4.69) is 10.4 Å². The summed E-state index contributed by atoms with van der Waals surface area (Å²) in [6.45, 7) is 4.16. The summed E-state index contributed by atoms with van der Waals surface area (Å²) in [5.41, 5.74) is 1.54. The zero-order valence-electron chi connectivity index (χ0n) is 20.0. The zero-order valence-corrected chi connectivity index (χ0v) is 20.8. The minimum Gasteiger partial charge on any atom is -0.388 e. The highest BCUT2D eigenvalue weighted by atomic mass is 35.5. The SMILES string of the molecule is CCCN(CO)C(=O)Cn1nc(-c2ccc(Cl)c(C(=O)NCC3(O)CCCCCC3)c2)cc1C. The van der Waals surface area contributed by atoms with E-state index in [0.717, 1.165) is 37.8 Å². The summed E-state index contributed by atoms with van der Waals surface area (Å²) in [5, 5.41) is 28.0. The topological polar surface area (TPSA) is 108 Å². The van der Waals surface area contributed by atoms with Crippen molar-refractivity contribution in [2.24, 2.45) is 0 Å². The third-order valence-electron chi connectivity index (χ3n) is 6.40. The Kier molecular flexibility index (Phi) is 9.10. The van der Waals surface area contributed by atoms with Gasteiger partial charge >= 0.3 is 0 Å². The number of hydrogen-bond donors (Lipinski definition) is 3. The van der Waals surface area contributed by atoms with E-state index in [0.29, 0.717) is 41.2 Å². The Labute approximate surface area is 205 Å². The van der Waals surface area contributed by atoms with Gasteiger partial charge in [-0.25, -0.2) is 0 Å². The molecule has 0 saturated heterocycles. The van der Waals surface area contributed by atoms with Crippen LogP contribution in [0.5, 0.6) is 0 Å². The normalized spacial score (nSPS) is 15.6. The first-order valence-corrected chi connectivity index (χ1v) is 12.4. The lowest BCUT2D eigenvalue weighted by molar-refractivity contribution is -0.135. The van der Waals surface area contributed by atoms with E-state index in [4.69, 9.17) is 11.6 Å². The Morgan fingerprint density at radius 2 is 1.91 bits per heavy atom. The Hall–Kier alpha value is -2.42. The van der Waals surface area contributed by atoms with Crippen LogP contribution in [0.1, 0.15) is 67.9 Å². The number of nitrogens with zero attached hydrogens (tertiary/aromatic N) is 3. The standard InChI is InChI=1S/C25H35ClN4O4/c1-3-12-29(17-31)23(32)15-30-18(2)13-22(28-30)19-8-9-21(26)20(14-19)24(33)27-16-25(34)10-6-4-5-7-11-25/h8-9,13-14,31,34H,3-7,10-12,15-17H2,1-2H3,(H,27,33). The molecule has 3 rings (SSSR count). The smallest absolute Gasteiger partial charge is 0.252 e. The molecular weight excluding hydrogens is 456 g/mol. The second kappa shape index (κ2) is 11.8. The van der Waals surface area contributed by atoms with Gasteiger partial charge in [0.1, 0.15) is 13.3 Å². The molecule has 8 nitrogen and oxygen atoms in total. The van der Waals surface area contributed by atoms with Gasteiger partial charge in [-0.3, -0.25) is 14.3 Å². The van der Waals surface area contributed by atoms with E-state index in [1.165, 1.54) is 4.90 Å². The van der Waals surface area contributed by atoms with Crippen molar-refractivity contribution in [2.75, 3.05) is 19.8 Å². The maximum atomic E-state index is 12.9. The zero-order chi connectivity index (χ0) is 24.7. The van der Waals surface area contributed by atoms with Crippen molar-refractivity contribution in [2.45, 2.75) is 70.9 Å². The molecule has 0 unspecified atom stereocenters. The lowest BCUT2D eigenvalue weighted by Gasteiger charge is -2.26. The van der Waals surface area contributed by atoms with Crippen LogP contribution in [0.2, 0.25) is 5.02 Å². The summed E-state index contributed by atoms with van der Waals surface area (Å²) < 4.78 is 1.59. The molecule has 0 aliphatic heterocycles. The second-order valence-electron chi connectivity index (χ2n) is 9.14. The van der Waals surface area contributed by atoms with Crippen LogP contribution in [0.4, 0.5) is 0 Å².